The zero-order chi connectivity index (χ0) is 14.7. The lowest BCUT2D eigenvalue weighted by Gasteiger charge is -2.37. The van der Waals surface area contributed by atoms with Crippen LogP contribution < -0.4 is 0 Å². The number of nitrogens with zero attached hydrogens (tertiary/aromatic N) is 2. The van der Waals surface area contributed by atoms with Crippen LogP contribution in [0.1, 0.15) is 44.1 Å². The Morgan fingerprint density at radius 2 is 2.25 bits per heavy atom. The van der Waals surface area contributed by atoms with Crippen LogP contribution in [0.15, 0.2) is 18.3 Å². The van der Waals surface area contributed by atoms with Crippen molar-refractivity contribution in [1.29, 1.82) is 0 Å². The number of ketones is 1. The fraction of sp³-hybridized carbons (Fsp3) is 0.625. The van der Waals surface area contributed by atoms with E-state index in [4.69, 9.17) is 0 Å². The first-order valence-corrected chi connectivity index (χ1v) is 7.37. The van der Waals surface area contributed by atoms with Crippen LogP contribution in [0.4, 0.5) is 4.39 Å². The first kappa shape index (κ1) is 15.1. The predicted octanol–water partition coefficient (Wildman–Crippen LogP) is 3.16. The van der Waals surface area contributed by atoms with Gasteiger partial charge in [0.2, 0.25) is 0 Å². The smallest absolute Gasteiger partial charge is 0.185 e. The maximum atomic E-state index is 12.8. The average Bonchev–Trinajstić information content (AvgIpc) is 2.42. The fourth-order valence-electron chi connectivity index (χ4n) is 2.94. The van der Waals surface area contributed by atoms with E-state index in [0.29, 0.717) is 11.7 Å². The summed E-state index contributed by atoms with van der Waals surface area (Å²) < 4.78 is 12.8. The maximum Gasteiger partial charge on any atom is 0.185 e. The summed E-state index contributed by atoms with van der Waals surface area (Å²) in [6.07, 6.45) is 3.49. The molecule has 0 aromatic carbocycles. The molecule has 2 heterocycles. The van der Waals surface area contributed by atoms with E-state index in [1.165, 1.54) is 25.0 Å². The summed E-state index contributed by atoms with van der Waals surface area (Å²) >= 11 is 0. The van der Waals surface area contributed by atoms with Crippen LogP contribution in [0.25, 0.3) is 0 Å². The number of pyridine rings is 1. The lowest BCUT2D eigenvalue weighted by molar-refractivity contribution is 0.0796. The molecule has 1 saturated heterocycles. The number of halogens is 1. The van der Waals surface area contributed by atoms with Gasteiger partial charge in [-0.2, -0.15) is 0 Å². The first-order valence-electron chi connectivity index (χ1n) is 7.37. The van der Waals surface area contributed by atoms with Crippen LogP contribution in [0.5, 0.6) is 0 Å². The van der Waals surface area contributed by atoms with Crippen molar-refractivity contribution >= 4 is 5.78 Å². The number of hydrogen-bond acceptors (Lipinski definition) is 3. The SMILES string of the molecule is CC1CCN(CC(C)C(=O)c2ccc(F)cn2)C(C)C1. The second-order valence-corrected chi connectivity index (χ2v) is 6.10. The summed E-state index contributed by atoms with van der Waals surface area (Å²) in [4.78, 5) is 18.6. The number of piperidine rings is 1. The van der Waals surface area contributed by atoms with Crippen molar-refractivity contribution in [2.75, 3.05) is 13.1 Å². The third kappa shape index (κ3) is 3.63. The summed E-state index contributed by atoms with van der Waals surface area (Å²) in [5, 5.41) is 0. The van der Waals surface area contributed by atoms with Gasteiger partial charge in [-0.3, -0.25) is 14.7 Å². The Bertz CT molecular complexity index is 460. The number of carbonyl (C=O) groups is 1. The molecule has 0 aliphatic carbocycles. The molecule has 3 atom stereocenters. The number of aromatic nitrogens is 1. The van der Waals surface area contributed by atoms with Crippen molar-refractivity contribution in [2.45, 2.75) is 39.7 Å². The Labute approximate surface area is 120 Å². The Kier molecular flexibility index (Phi) is 4.86. The van der Waals surface area contributed by atoms with Gasteiger partial charge in [-0.1, -0.05) is 13.8 Å². The van der Waals surface area contributed by atoms with Crippen LogP contribution in [-0.2, 0) is 0 Å². The summed E-state index contributed by atoms with van der Waals surface area (Å²) in [7, 11) is 0. The molecule has 1 aromatic rings. The van der Waals surface area contributed by atoms with E-state index in [1.807, 2.05) is 6.92 Å². The number of hydrogen-bond donors (Lipinski definition) is 0. The topological polar surface area (TPSA) is 33.2 Å². The molecule has 3 unspecified atom stereocenters. The molecule has 110 valence electrons. The molecule has 0 amide bonds. The normalized spacial score (nSPS) is 25.4. The van der Waals surface area contributed by atoms with Crippen LogP contribution in [-0.4, -0.2) is 34.8 Å². The maximum absolute atomic E-state index is 12.8. The van der Waals surface area contributed by atoms with E-state index in [2.05, 4.69) is 23.7 Å². The summed E-state index contributed by atoms with van der Waals surface area (Å²) in [5.74, 6) is 0.249. The van der Waals surface area contributed by atoms with Crippen LogP contribution in [0.2, 0.25) is 0 Å². The molecule has 4 heteroatoms. The minimum absolute atomic E-state index is 0.00387. The highest BCUT2D eigenvalue weighted by Gasteiger charge is 2.26. The molecule has 20 heavy (non-hydrogen) atoms. The van der Waals surface area contributed by atoms with Gasteiger partial charge in [-0.05, 0) is 44.4 Å². The highest BCUT2D eigenvalue weighted by Crippen LogP contribution is 2.23. The standard InChI is InChI=1S/C16H23FN2O/c1-11-6-7-19(13(3)8-11)10-12(2)16(20)15-5-4-14(17)9-18-15/h4-5,9,11-13H,6-8,10H2,1-3H3. The van der Waals surface area contributed by atoms with Crippen molar-refractivity contribution in [3.05, 3.63) is 29.8 Å². The molecular formula is C16H23FN2O. The van der Waals surface area contributed by atoms with Gasteiger partial charge in [0, 0.05) is 18.5 Å². The Morgan fingerprint density at radius 1 is 1.50 bits per heavy atom. The van der Waals surface area contributed by atoms with Gasteiger partial charge in [0.25, 0.3) is 0 Å². The van der Waals surface area contributed by atoms with Gasteiger partial charge in [0.15, 0.2) is 5.78 Å². The van der Waals surface area contributed by atoms with Crippen molar-refractivity contribution in [2.24, 2.45) is 11.8 Å². The van der Waals surface area contributed by atoms with Gasteiger partial charge in [-0.25, -0.2) is 4.39 Å². The Balaban J connectivity index is 1.95. The van der Waals surface area contributed by atoms with Crippen LogP contribution in [0, 0.1) is 17.7 Å². The lowest BCUT2D eigenvalue weighted by atomic mass is 9.92. The monoisotopic (exact) mass is 278 g/mol. The molecule has 1 aromatic heterocycles. The molecule has 1 aliphatic rings. The van der Waals surface area contributed by atoms with E-state index >= 15 is 0 Å². The average molecular weight is 278 g/mol. The van der Waals surface area contributed by atoms with Gasteiger partial charge in [0.05, 0.1) is 6.20 Å². The zero-order valence-electron chi connectivity index (χ0n) is 12.5. The fourth-order valence-corrected chi connectivity index (χ4v) is 2.94. The second-order valence-electron chi connectivity index (χ2n) is 6.10. The second kappa shape index (κ2) is 6.44. The van der Waals surface area contributed by atoms with Gasteiger partial charge in [0.1, 0.15) is 11.5 Å². The predicted molar refractivity (Wildman–Crippen MR) is 77.1 cm³/mol. The summed E-state index contributed by atoms with van der Waals surface area (Å²) in [6, 6.07) is 3.28. The molecule has 0 spiro atoms. The van der Waals surface area contributed by atoms with E-state index in [0.717, 1.165) is 25.2 Å². The number of Topliss-reactive ketones (excluding diaryl/α,β-unsaturated/α-hetero) is 1. The van der Waals surface area contributed by atoms with Crippen molar-refractivity contribution in [3.63, 3.8) is 0 Å². The minimum Gasteiger partial charge on any atom is -0.300 e. The van der Waals surface area contributed by atoms with Gasteiger partial charge in [-0.15, -0.1) is 0 Å². The molecule has 0 N–H and O–H groups in total. The zero-order valence-corrected chi connectivity index (χ0v) is 12.5. The Hall–Kier alpha value is -1.29. The van der Waals surface area contributed by atoms with Crippen molar-refractivity contribution < 1.29 is 9.18 Å². The van der Waals surface area contributed by atoms with Crippen LogP contribution >= 0.6 is 0 Å². The number of likely N-dealkylation sites (tertiary alicyclic amines) is 1. The third-order valence-corrected chi connectivity index (χ3v) is 4.21. The van der Waals surface area contributed by atoms with Crippen molar-refractivity contribution in [3.8, 4) is 0 Å². The molecular weight excluding hydrogens is 255 g/mol. The molecule has 1 fully saturated rings. The van der Waals surface area contributed by atoms with Crippen molar-refractivity contribution in [1.82, 2.24) is 9.88 Å². The van der Waals surface area contributed by atoms with E-state index < -0.39 is 5.82 Å². The molecule has 0 radical (unpaired) electrons. The lowest BCUT2D eigenvalue weighted by Crippen LogP contribution is -2.43. The summed E-state index contributed by atoms with van der Waals surface area (Å²) in [6.45, 7) is 8.24. The van der Waals surface area contributed by atoms with E-state index in [1.54, 1.807) is 0 Å². The summed E-state index contributed by atoms with van der Waals surface area (Å²) in [5.41, 5.74) is 0.358. The first-order chi connectivity index (χ1) is 9.47. The minimum atomic E-state index is -0.409. The van der Waals surface area contributed by atoms with Gasteiger partial charge >= 0.3 is 0 Å². The largest absolute Gasteiger partial charge is 0.300 e. The third-order valence-electron chi connectivity index (χ3n) is 4.21. The van der Waals surface area contributed by atoms with E-state index in [-0.39, 0.29) is 11.7 Å². The van der Waals surface area contributed by atoms with Gasteiger partial charge < -0.3 is 0 Å². The molecule has 0 saturated carbocycles. The highest BCUT2D eigenvalue weighted by molar-refractivity contribution is 5.95. The number of rotatable bonds is 4. The van der Waals surface area contributed by atoms with Crippen LogP contribution in [0.3, 0.4) is 0 Å². The quantitative estimate of drug-likeness (QED) is 0.793. The molecule has 0 bridgehead atoms. The highest BCUT2D eigenvalue weighted by atomic mass is 19.1. The molecule has 3 nitrogen and oxygen atoms in total. The number of carbonyl (C=O) groups excluding carboxylic acids is 1. The molecule has 2 rings (SSSR count). The Morgan fingerprint density at radius 3 is 2.85 bits per heavy atom. The molecule has 1 aliphatic heterocycles. The van der Waals surface area contributed by atoms with E-state index in [9.17, 15) is 9.18 Å².